The van der Waals surface area contributed by atoms with Crippen LogP contribution in [0.4, 0.5) is 17.6 Å². The van der Waals surface area contributed by atoms with Crippen LogP contribution in [-0.4, -0.2) is 16.1 Å². The van der Waals surface area contributed by atoms with Crippen molar-refractivity contribution >= 4 is 5.97 Å². The summed E-state index contributed by atoms with van der Waals surface area (Å²) in [5, 5.41) is 8.78. The molecule has 2 rings (SSSR count). The van der Waals surface area contributed by atoms with Crippen LogP contribution in [0.5, 0.6) is 0 Å². The number of alkyl halides is 3. The first-order chi connectivity index (χ1) is 9.79. The maximum Gasteiger partial charge on any atom is 0.417 e. The first-order valence-corrected chi connectivity index (χ1v) is 5.82. The largest absolute Gasteiger partial charge is 0.481 e. The predicted octanol–water partition coefficient (Wildman–Crippen LogP) is 3.53. The Morgan fingerprint density at radius 2 is 1.86 bits per heavy atom. The highest BCUT2D eigenvalue weighted by Crippen LogP contribution is 2.33. The molecule has 0 saturated carbocycles. The van der Waals surface area contributed by atoms with Crippen molar-refractivity contribution in [2.24, 2.45) is 0 Å². The van der Waals surface area contributed by atoms with E-state index in [1.807, 2.05) is 0 Å². The highest BCUT2D eigenvalue weighted by molar-refractivity contribution is 5.75. The number of aliphatic carboxylic acids is 1. The first kappa shape index (κ1) is 15.0. The number of pyridine rings is 1. The van der Waals surface area contributed by atoms with E-state index < -0.39 is 29.9 Å². The van der Waals surface area contributed by atoms with Gasteiger partial charge in [0.15, 0.2) is 0 Å². The van der Waals surface area contributed by atoms with Crippen LogP contribution >= 0.6 is 0 Å². The summed E-state index contributed by atoms with van der Waals surface area (Å²) in [6.45, 7) is 0. The maximum atomic E-state index is 13.8. The lowest BCUT2D eigenvalue weighted by atomic mass is 10.00. The lowest BCUT2D eigenvalue weighted by molar-refractivity contribution is -0.137. The van der Waals surface area contributed by atoms with Crippen molar-refractivity contribution in [2.45, 2.75) is 12.6 Å². The van der Waals surface area contributed by atoms with Crippen LogP contribution in [0, 0.1) is 5.82 Å². The van der Waals surface area contributed by atoms with Gasteiger partial charge in [-0.05, 0) is 12.1 Å². The monoisotopic (exact) mass is 299 g/mol. The molecule has 3 nitrogen and oxygen atoms in total. The molecule has 1 heterocycles. The van der Waals surface area contributed by atoms with Gasteiger partial charge in [-0.15, -0.1) is 0 Å². The molecule has 0 fully saturated rings. The third-order valence-electron chi connectivity index (χ3n) is 2.78. The Labute approximate surface area is 116 Å². The molecular weight excluding hydrogens is 290 g/mol. The number of halogens is 4. The van der Waals surface area contributed by atoms with Crippen molar-refractivity contribution in [3.63, 3.8) is 0 Å². The Balaban J connectivity index is 2.64. The molecule has 0 aliphatic rings. The minimum absolute atomic E-state index is 0.118. The third-order valence-corrected chi connectivity index (χ3v) is 2.78. The quantitative estimate of drug-likeness (QED) is 0.882. The van der Waals surface area contributed by atoms with E-state index in [0.717, 1.165) is 6.07 Å². The Kier molecular flexibility index (Phi) is 3.93. The molecule has 1 aromatic carbocycles. The highest BCUT2D eigenvalue weighted by Gasteiger charge is 2.32. The fraction of sp³-hybridized carbons (Fsp3) is 0.143. The van der Waals surface area contributed by atoms with Crippen LogP contribution in [0.2, 0.25) is 0 Å². The second-order valence-electron chi connectivity index (χ2n) is 4.27. The number of hydrogen-bond acceptors (Lipinski definition) is 2. The van der Waals surface area contributed by atoms with Gasteiger partial charge in [-0.2, -0.15) is 13.2 Å². The molecule has 21 heavy (non-hydrogen) atoms. The smallest absolute Gasteiger partial charge is 0.417 e. The van der Waals surface area contributed by atoms with E-state index in [4.69, 9.17) is 5.11 Å². The lowest BCUT2D eigenvalue weighted by Crippen LogP contribution is -2.10. The molecule has 0 saturated heterocycles. The summed E-state index contributed by atoms with van der Waals surface area (Å²) in [4.78, 5) is 14.3. The normalized spacial score (nSPS) is 11.4. The number of carbonyl (C=O) groups is 1. The molecule has 0 radical (unpaired) electrons. The molecule has 0 atom stereocenters. The third kappa shape index (κ3) is 3.36. The Morgan fingerprint density at radius 1 is 1.19 bits per heavy atom. The maximum absolute atomic E-state index is 13.8. The molecule has 0 amide bonds. The number of hydrogen-bond donors (Lipinski definition) is 1. The molecule has 0 spiro atoms. The fourth-order valence-electron chi connectivity index (χ4n) is 1.85. The average Bonchev–Trinajstić information content (AvgIpc) is 2.38. The fourth-order valence-corrected chi connectivity index (χ4v) is 1.85. The summed E-state index contributed by atoms with van der Waals surface area (Å²) in [7, 11) is 0. The molecule has 110 valence electrons. The summed E-state index contributed by atoms with van der Waals surface area (Å²) < 4.78 is 51.9. The van der Waals surface area contributed by atoms with Gasteiger partial charge in [-0.1, -0.05) is 18.2 Å². The Bertz CT molecular complexity index is 683. The number of nitrogens with zero attached hydrogens (tertiary/aromatic N) is 1. The van der Waals surface area contributed by atoms with Gasteiger partial charge in [0.2, 0.25) is 0 Å². The number of carboxylic acid groups (broad SMARTS) is 1. The minimum atomic E-state index is -4.64. The zero-order valence-corrected chi connectivity index (χ0v) is 10.5. The minimum Gasteiger partial charge on any atom is -0.481 e. The predicted molar refractivity (Wildman–Crippen MR) is 66.0 cm³/mol. The van der Waals surface area contributed by atoms with E-state index in [1.165, 1.54) is 18.2 Å². The second-order valence-corrected chi connectivity index (χ2v) is 4.27. The summed E-state index contributed by atoms with van der Waals surface area (Å²) >= 11 is 0. The van der Waals surface area contributed by atoms with E-state index >= 15 is 0 Å². The summed E-state index contributed by atoms with van der Waals surface area (Å²) in [6.07, 6.45) is -4.70. The number of rotatable bonds is 3. The van der Waals surface area contributed by atoms with E-state index in [2.05, 4.69) is 4.98 Å². The van der Waals surface area contributed by atoms with Crippen LogP contribution in [0.15, 0.2) is 36.5 Å². The molecule has 1 N–H and O–H groups in total. The summed E-state index contributed by atoms with van der Waals surface area (Å²) in [5.74, 6) is -2.01. The number of carboxylic acids is 1. The van der Waals surface area contributed by atoms with Crippen molar-refractivity contribution in [1.82, 2.24) is 4.98 Å². The van der Waals surface area contributed by atoms with Crippen LogP contribution in [0.3, 0.4) is 0 Å². The van der Waals surface area contributed by atoms with Crippen molar-refractivity contribution in [1.29, 1.82) is 0 Å². The summed E-state index contributed by atoms with van der Waals surface area (Å²) in [6, 6.07) is 5.90. The number of benzene rings is 1. The van der Waals surface area contributed by atoms with Gasteiger partial charge in [-0.3, -0.25) is 9.78 Å². The molecule has 0 bridgehead atoms. The molecule has 7 heteroatoms. The molecule has 0 unspecified atom stereocenters. The van der Waals surface area contributed by atoms with Crippen LogP contribution in [-0.2, 0) is 17.4 Å². The van der Waals surface area contributed by atoms with E-state index in [-0.39, 0.29) is 16.8 Å². The second kappa shape index (κ2) is 5.51. The molecule has 0 aliphatic heterocycles. The standard InChI is InChI=1S/C14H9F4NO2/c15-11-4-2-1-3-9(11)10-5-8(14(16,17)18)7-19-12(10)6-13(20)21/h1-5,7H,6H2,(H,20,21). The molecule has 2 aromatic rings. The van der Waals surface area contributed by atoms with Crippen LogP contribution < -0.4 is 0 Å². The Morgan fingerprint density at radius 3 is 2.43 bits per heavy atom. The molecule has 0 aliphatic carbocycles. The zero-order chi connectivity index (χ0) is 15.6. The lowest BCUT2D eigenvalue weighted by Gasteiger charge is -2.12. The summed E-state index contributed by atoms with van der Waals surface area (Å²) in [5.41, 5.74) is -1.48. The van der Waals surface area contributed by atoms with Gasteiger partial charge in [0.05, 0.1) is 17.7 Å². The van der Waals surface area contributed by atoms with Gasteiger partial charge >= 0.3 is 12.1 Å². The van der Waals surface area contributed by atoms with E-state index in [0.29, 0.717) is 12.3 Å². The van der Waals surface area contributed by atoms with E-state index in [1.54, 1.807) is 0 Å². The van der Waals surface area contributed by atoms with Crippen molar-refractivity contribution < 1.29 is 27.5 Å². The van der Waals surface area contributed by atoms with Crippen LogP contribution in [0.1, 0.15) is 11.3 Å². The molecular formula is C14H9F4NO2. The van der Waals surface area contributed by atoms with Crippen molar-refractivity contribution in [3.8, 4) is 11.1 Å². The Hall–Kier alpha value is -2.44. The molecule has 1 aromatic heterocycles. The number of aromatic nitrogens is 1. The van der Waals surface area contributed by atoms with Crippen LogP contribution in [0.25, 0.3) is 11.1 Å². The van der Waals surface area contributed by atoms with Gasteiger partial charge in [0.25, 0.3) is 0 Å². The van der Waals surface area contributed by atoms with Crippen molar-refractivity contribution in [2.75, 3.05) is 0 Å². The van der Waals surface area contributed by atoms with E-state index in [9.17, 15) is 22.4 Å². The van der Waals surface area contributed by atoms with Gasteiger partial charge in [0.1, 0.15) is 5.82 Å². The SMILES string of the molecule is O=C(O)Cc1ncc(C(F)(F)F)cc1-c1ccccc1F. The average molecular weight is 299 g/mol. The highest BCUT2D eigenvalue weighted by atomic mass is 19.4. The van der Waals surface area contributed by atoms with Crippen molar-refractivity contribution in [3.05, 3.63) is 53.6 Å². The zero-order valence-electron chi connectivity index (χ0n) is 10.5. The first-order valence-electron chi connectivity index (χ1n) is 5.82. The van der Waals surface area contributed by atoms with Gasteiger partial charge in [-0.25, -0.2) is 4.39 Å². The topological polar surface area (TPSA) is 50.2 Å². The van der Waals surface area contributed by atoms with Gasteiger partial charge in [0, 0.05) is 17.3 Å². The van der Waals surface area contributed by atoms with Gasteiger partial charge < -0.3 is 5.11 Å².